The zero-order chi connectivity index (χ0) is 20.8. The van der Waals surface area contributed by atoms with Crippen LogP contribution in [0.15, 0.2) is 0 Å². The summed E-state index contributed by atoms with van der Waals surface area (Å²) in [7, 11) is 1.35. The number of nitrogens with zero attached hydrogens (tertiary/aromatic N) is 1. The highest BCUT2D eigenvalue weighted by Crippen LogP contribution is 2.28. The van der Waals surface area contributed by atoms with Gasteiger partial charge < -0.3 is 24.4 Å². The summed E-state index contributed by atoms with van der Waals surface area (Å²) < 4.78 is 15.5. The molecule has 0 aliphatic carbocycles. The molecule has 1 heterocycles. The third-order valence-electron chi connectivity index (χ3n) is 4.11. The molecule has 1 rings (SSSR count). The van der Waals surface area contributed by atoms with E-state index in [-0.39, 0.29) is 30.3 Å². The minimum Gasteiger partial charge on any atom is -0.469 e. The number of ether oxygens (including phenoxy) is 3. The first kappa shape index (κ1) is 23.0. The number of carbonyl (C=O) groups is 3. The third-order valence-corrected chi connectivity index (χ3v) is 4.11. The number of likely N-dealkylation sites (tertiary alicyclic amines) is 1. The molecule has 27 heavy (non-hydrogen) atoms. The maximum absolute atomic E-state index is 12.4. The molecule has 0 aromatic heterocycles. The van der Waals surface area contributed by atoms with Gasteiger partial charge in [-0.25, -0.2) is 9.59 Å². The van der Waals surface area contributed by atoms with Crippen LogP contribution in [0.3, 0.4) is 0 Å². The first-order valence-corrected chi connectivity index (χ1v) is 9.32. The van der Waals surface area contributed by atoms with E-state index in [9.17, 15) is 14.4 Å². The zero-order valence-corrected chi connectivity index (χ0v) is 17.6. The summed E-state index contributed by atoms with van der Waals surface area (Å²) in [5.74, 6) is -0.392. The molecule has 1 fully saturated rings. The van der Waals surface area contributed by atoms with Crippen molar-refractivity contribution in [2.24, 2.45) is 11.8 Å². The van der Waals surface area contributed by atoms with Crippen LogP contribution in [0.1, 0.15) is 54.4 Å². The van der Waals surface area contributed by atoms with E-state index in [1.54, 1.807) is 25.7 Å². The predicted octanol–water partition coefficient (Wildman–Crippen LogP) is 2.95. The maximum atomic E-state index is 12.4. The van der Waals surface area contributed by atoms with Crippen molar-refractivity contribution in [1.29, 1.82) is 0 Å². The number of alkyl carbamates (subject to hydrolysis) is 1. The van der Waals surface area contributed by atoms with Crippen LogP contribution >= 0.6 is 0 Å². The summed E-state index contributed by atoms with van der Waals surface area (Å²) in [5.41, 5.74) is -1.17. The van der Waals surface area contributed by atoms with Gasteiger partial charge >= 0.3 is 18.2 Å². The van der Waals surface area contributed by atoms with Gasteiger partial charge in [0.1, 0.15) is 11.2 Å². The van der Waals surface area contributed by atoms with Crippen LogP contribution in [0.2, 0.25) is 0 Å². The fraction of sp³-hybridized carbons (Fsp3) is 0.842. The Morgan fingerprint density at radius 1 is 1.00 bits per heavy atom. The van der Waals surface area contributed by atoms with E-state index in [2.05, 4.69) is 5.32 Å². The van der Waals surface area contributed by atoms with E-state index in [0.717, 1.165) is 0 Å². The molecule has 1 aliphatic heterocycles. The second kappa shape index (κ2) is 9.28. The topological polar surface area (TPSA) is 94.2 Å². The lowest BCUT2D eigenvalue weighted by Crippen LogP contribution is -2.49. The molecule has 2 atom stereocenters. The van der Waals surface area contributed by atoms with Crippen molar-refractivity contribution in [3.05, 3.63) is 0 Å². The average Bonchev–Trinajstić information content (AvgIpc) is 2.50. The number of hydrogen-bond acceptors (Lipinski definition) is 6. The van der Waals surface area contributed by atoms with Crippen molar-refractivity contribution in [2.45, 2.75) is 65.6 Å². The van der Waals surface area contributed by atoms with Gasteiger partial charge in [-0.05, 0) is 59.8 Å². The summed E-state index contributed by atoms with van der Waals surface area (Å²) in [6, 6.07) is 0. The van der Waals surface area contributed by atoms with Gasteiger partial charge in [0.15, 0.2) is 0 Å². The van der Waals surface area contributed by atoms with E-state index in [1.807, 2.05) is 20.8 Å². The minimum absolute atomic E-state index is 0.00562. The number of carbonyl (C=O) groups excluding carboxylic acids is 3. The second-order valence-electron chi connectivity index (χ2n) is 8.90. The third kappa shape index (κ3) is 8.97. The number of esters is 1. The van der Waals surface area contributed by atoms with Crippen molar-refractivity contribution in [2.75, 3.05) is 26.7 Å². The van der Waals surface area contributed by atoms with Crippen LogP contribution < -0.4 is 5.32 Å². The molecular formula is C19H34N2O6. The summed E-state index contributed by atoms with van der Waals surface area (Å²) in [6.45, 7) is 12.0. The number of rotatable bonds is 4. The van der Waals surface area contributed by atoms with Crippen LogP contribution in [-0.2, 0) is 19.0 Å². The Morgan fingerprint density at radius 3 is 2.11 bits per heavy atom. The molecule has 156 valence electrons. The molecule has 2 amide bonds. The molecule has 0 spiro atoms. The van der Waals surface area contributed by atoms with E-state index in [0.29, 0.717) is 26.1 Å². The van der Waals surface area contributed by atoms with Gasteiger partial charge in [0.05, 0.1) is 7.11 Å². The van der Waals surface area contributed by atoms with Crippen molar-refractivity contribution in [3.8, 4) is 0 Å². The van der Waals surface area contributed by atoms with E-state index < -0.39 is 17.3 Å². The van der Waals surface area contributed by atoms with Gasteiger partial charge in [-0.2, -0.15) is 0 Å². The lowest BCUT2D eigenvalue weighted by molar-refractivity contribution is -0.142. The van der Waals surface area contributed by atoms with Gasteiger partial charge in [0.25, 0.3) is 0 Å². The van der Waals surface area contributed by atoms with Crippen LogP contribution in [0.5, 0.6) is 0 Å². The number of piperidine rings is 1. The lowest BCUT2D eigenvalue weighted by atomic mass is 9.83. The highest BCUT2D eigenvalue weighted by atomic mass is 16.6. The Hall–Kier alpha value is -1.99. The first-order valence-electron chi connectivity index (χ1n) is 9.32. The predicted molar refractivity (Wildman–Crippen MR) is 100 cm³/mol. The number of methoxy groups -OCH3 is 1. The molecular weight excluding hydrogens is 352 g/mol. The average molecular weight is 386 g/mol. The Balaban J connectivity index is 2.74. The monoisotopic (exact) mass is 386 g/mol. The fourth-order valence-electron chi connectivity index (χ4n) is 2.90. The van der Waals surface area contributed by atoms with Crippen molar-refractivity contribution in [3.63, 3.8) is 0 Å². The highest BCUT2D eigenvalue weighted by Gasteiger charge is 2.35. The van der Waals surface area contributed by atoms with Gasteiger partial charge in [-0.1, -0.05) is 0 Å². The number of nitrogens with one attached hydrogen (secondary N) is 1. The van der Waals surface area contributed by atoms with Gasteiger partial charge in [-0.3, -0.25) is 4.79 Å². The molecule has 0 aromatic carbocycles. The Morgan fingerprint density at radius 2 is 1.59 bits per heavy atom. The molecule has 1 aliphatic rings. The van der Waals surface area contributed by atoms with Gasteiger partial charge in [0, 0.05) is 26.1 Å². The van der Waals surface area contributed by atoms with Crippen LogP contribution in [0, 0.1) is 11.8 Å². The van der Waals surface area contributed by atoms with E-state index in [1.165, 1.54) is 7.11 Å². The van der Waals surface area contributed by atoms with E-state index in [4.69, 9.17) is 14.2 Å². The molecule has 0 radical (unpaired) electrons. The van der Waals surface area contributed by atoms with Gasteiger partial charge in [0.2, 0.25) is 0 Å². The smallest absolute Gasteiger partial charge is 0.410 e. The molecule has 0 bridgehead atoms. The largest absolute Gasteiger partial charge is 0.469 e. The second-order valence-corrected chi connectivity index (χ2v) is 8.90. The Labute approximate surface area is 161 Å². The van der Waals surface area contributed by atoms with E-state index >= 15 is 0 Å². The van der Waals surface area contributed by atoms with Crippen molar-refractivity contribution >= 4 is 18.2 Å². The molecule has 8 heteroatoms. The van der Waals surface area contributed by atoms with Crippen molar-refractivity contribution in [1.82, 2.24) is 10.2 Å². The molecule has 0 saturated carbocycles. The normalized spacial score (nSPS) is 20.6. The van der Waals surface area contributed by atoms with Crippen LogP contribution in [0.25, 0.3) is 0 Å². The highest BCUT2D eigenvalue weighted by molar-refractivity contribution is 5.70. The summed E-state index contributed by atoms with van der Waals surface area (Å²) in [4.78, 5) is 37.7. The minimum atomic E-state index is -0.593. The zero-order valence-electron chi connectivity index (χ0n) is 17.6. The SMILES string of the molecule is COC(=O)CC1CCN(C(=O)OC(C)(C)C)CC1CNC(=O)OC(C)(C)C. The molecule has 0 aromatic rings. The summed E-state index contributed by atoms with van der Waals surface area (Å²) in [6.07, 6.45) is -0.0241. The lowest BCUT2D eigenvalue weighted by Gasteiger charge is -2.38. The molecule has 2 unspecified atom stereocenters. The van der Waals surface area contributed by atoms with Crippen molar-refractivity contribution < 1.29 is 28.6 Å². The Bertz CT molecular complexity index is 535. The number of hydrogen-bond donors (Lipinski definition) is 1. The molecule has 1 N–H and O–H groups in total. The quantitative estimate of drug-likeness (QED) is 0.590. The van der Waals surface area contributed by atoms with Crippen LogP contribution in [0.4, 0.5) is 9.59 Å². The number of amides is 2. The summed E-state index contributed by atoms with van der Waals surface area (Å²) in [5, 5.41) is 2.75. The first-order chi connectivity index (χ1) is 12.3. The maximum Gasteiger partial charge on any atom is 0.410 e. The standard InChI is InChI=1S/C19H34N2O6/c1-18(2,3)26-16(23)20-11-14-12-21(17(24)27-19(4,5)6)9-8-13(14)10-15(22)25-7/h13-14H,8-12H2,1-7H3,(H,20,23). The Kier molecular flexibility index (Phi) is 7.92. The van der Waals surface area contributed by atoms with Crippen LogP contribution in [-0.4, -0.2) is 61.0 Å². The fourth-order valence-corrected chi connectivity index (χ4v) is 2.90. The molecule has 8 nitrogen and oxygen atoms in total. The van der Waals surface area contributed by atoms with Gasteiger partial charge in [-0.15, -0.1) is 0 Å². The molecule has 1 saturated heterocycles. The summed E-state index contributed by atoms with van der Waals surface area (Å²) >= 11 is 0.